The van der Waals surface area contributed by atoms with Crippen molar-refractivity contribution in [2.45, 2.75) is 13.0 Å². The molecule has 0 saturated carbocycles. The number of hydrogen-bond acceptors (Lipinski definition) is 3. The lowest BCUT2D eigenvalue weighted by molar-refractivity contribution is 0.187. The minimum absolute atomic E-state index is 0.00833. The molecule has 1 unspecified atom stereocenters. The van der Waals surface area contributed by atoms with Crippen LogP contribution in [0.2, 0.25) is 0 Å². The quantitative estimate of drug-likeness (QED) is 0.876. The second-order valence-electron chi connectivity index (χ2n) is 4.32. The number of ether oxygens (including phenoxy) is 1. The summed E-state index contributed by atoms with van der Waals surface area (Å²) in [5, 5.41) is 7.45. The minimum Gasteiger partial charge on any atom is -0.468 e. The second kappa shape index (κ2) is 5.69. The Balaban J connectivity index is 2.19. The van der Waals surface area contributed by atoms with Gasteiger partial charge in [-0.1, -0.05) is 30.3 Å². The highest BCUT2D eigenvalue weighted by molar-refractivity contribution is 5.21. The van der Waals surface area contributed by atoms with Crippen LogP contribution in [0.25, 0.3) is 0 Å². The Labute approximate surface area is 108 Å². The molecule has 1 heterocycles. The Hall–Kier alpha value is -1.81. The van der Waals surface area contributed by atoms with Gasteiger partial charge >= 0.3 is 0 Å². The maximum atomic E-state index is 6.03. The third kappa shape index (κ3) is 2.90. The number of aryl methyl sites for hydroxylation is 2. The van der Waals surface area contributed by atoms with Crippen molar-refractivity contribution >= 4 is 0 Å². The molecule has 0 saturated heterocycles. The van der Waals surface area contributed by atoms with E-state index >= 15 is 0 Å². The number of benzene rings is 1. The number of nitrogens with one attached hydrogen (secondary N) is 1. The van der Waals surface area contributed by atoms with E-state index in [2.05, 4.69) is 22.5 Å². The van der Waals surface area contributed by atoms with Crippen molar-refractivity contribution in [3.8, 4) is 5.88 Å². The second-order valence-corrected chi connectivity index (χ2v) is 4.32. The first kappa shape index (κ1) is 12.6. The van der Waals surface area contributed by atoms with Gasteiger partial charge in [0.05, 0.1) is 5.69 Å². The molecule has 4 heteroatoms. The maximum Gasteiger partial charge on any atom is 0.212 e. The van der Waals surface area contributed by atoms with Crippen molar-refractivity contribution in [2.75, 3.05) is 13.6 Å². The van der Waals surface area contributed by atoms with Crippen molar-refractivity contribution in [3.63, 3.8) is 0 Å². The van der Waals surface area contributed by atoms with Crippen LogP contribution in [0.4, 0.5) is 0 Å². The summed E-state index contributed by atoms with van der Waals surface area (Å²) in [5.41, 5.74) is 2.12. The first-order chi connectivity index (χ1) is 8.70. The molecule has 0 aliphatic carbocycles. The molecule has 1 aromatic heterocycles. The highest BCUT2D eigenvalue weighted by atomic mass is 16.5. The third-order valence-corrected chi connectivity index (χ3v) is 2.78. The average molecular weight is 245 g/mol. The molecule has 0 aliphatic rings. The van der Waals surface area contributed by atoms with E-state index in [1.165, 1.54) is 0 Å². The molecule has 0 radical (unpaired) electrons. The zero-order chi connectivity index (χ0) is 13.0. The third-order valence-electron chi connectivity index (χ3n) is 2.78. The van der Waals surface area contributed by atoms with Crippen LogP contribution in [-0.2, 0) is 7.05 Å². The highest BCUT2D eigenvalue weighted by Gasteiger charge is 2.14. The van der Waals surface area contributed by atoms with Gasteiger partial charge in [0.1, 0.15) is 6.10 Å². The summed E-state index contributed by atoms with van der Waals surface area (Å²) in [4.78, 5) is 0. The van der Waals surface area contributed by atoms with Gasteiger partial charge in [-0.3, -0.25) is 0 Å². The lowest BCUT2D eigenvalue weighted by Gasteiger charge is -2.18. The SMILES string of the molecule is CNCC(Oc1cc(C)nn1C)c1ccccc1. The molecule has 1 atom stereocenters. The van der Waals surface area contributed by atoms with E-state index in [4.69, 9.17) is 4.74 Å². The summed E-state index contributed by atoms with van der Waals surface area (Å²) in [5.74, 6) is 0.789. The van der Waals surface area contributed by atoms with Gasteiger partial charge in [0, 0.05) is 19.7 Å². The molecule has 0 bridgehead atoms. The van der Waals surface area contributed by atoms with Gasteiger partial charge in [-0.25, -0.2) is 4.68 Å². The van der Waals surface area contributed by atoms with Crippen LogP contribution < -0.4 is 10.1 Å². The fourth-order valence-electron chi connectivity index (χ4n) is 1.92. The van der Waals surface area contributed by atoms with E-state index in [9.17, 15) is 0 Å². The van der Waals surface area contributed by atoms with Crippen molar-refractivity contribution in [1.29, 1.82) is 0 Å². The highest BCUT2D eigenvalue weighted by Crippen LogP contribution is 2.21. The van der Waals surface area contributed by atoms with Crippen LogP contribution in [0.15, 0.2) is 36.4 Å². The lowest BCUT2D eigenvalue weighted by atomic mass is 10.1. The predicted molar refractivity (Wildman–Crippen MR) is 71.7 cm³/mol. The van der Waals surface area contributed by atoms with E-state index < -0.39 is 0 Å². The number of likely N-dealkylation sites (N-methyl/N-ethyl adjacent to an activating group) is 1. The molecule has 0 amide bonds. The van der Waals surface area contributed by atoms with E-state index in [1.807, 2.05) is 45.3 Å². The summed E-state index contributed by atoms with van der Waals surface area (Å²) < 4.78 is 7.80. The molecular weight excluding hydrogens is 226 g/mol. The lowest BCUT2D eigenvalue weighted by Crippen LogP contribution is -2.22. The largest absolute Gasteiger partial charge is 0.468 e. The van der Waals surface area contributed by atoms with Crippen molar-refractivity contribution in [2.24, 2.45) is 7.05 Å². The van der Waals surface area contributed by atoms with Crippen LogP contribution in [0.5, 0.6) is 5.88 Å². The summed E-state index contributed by atoms with van der Waals surface area (Å²) >= 11 is 0. The van der Waals surface area contributed by atoms with Crippen LogP contribution >= 0.6 is 0 Å². The van der Waals surface area contributed by atoms with E-state index in [0.29, 0.717) is 0 Å². The van der Waals surface area contributed by atoms with Gasteiger partial charge in [-0.15, -0.1) is 0 Å². The number of rotatable bonds is 5. The first-order valence-electron chi connectivity index (χ1n) is 6.07. The minimum atomic E-state index is -0.00833. The summed E-state index contributed by atoms with van der Waals surface area (Å²) in [7, 11) is 3.82. The fraction of sp³-hybridized carbons (Fsp3) is 0.357. The summed E-state index contributed by atoms with van der Waals surface area (Å²) in [6.45, 7) is 2.72. The average Bonchev–Trinajstić information content (AvgIpc) is 2.68. The zero-order valence-corrected chi connectivity index (χ0v) is 11.1. The van der Waals surface area contributed by atoms with Crippen LogP contribution in [0.1, 0.15) is 17.4 Å². The van der Waals surface area contributed by atoms with Gasteiger partial charge < -0.3 is 10.1 Å². The molecule has 0 spiro atoms. The summed E-state index contributed by atoms with van der Waals surface area (Å²) in [6.07, 6.45) is -0.00833. The normalized spacial score (nSPS) is 12.4. The first-order valence-corrected chi connectivity index (χ1v) is 6.07. The Morgan fingerprint density at radius 2 is 2.06 bits per heavy atom. The Morgan fingerprint density at radius 3 is 2.61 bits per heavy atom. The summed E-state index contributed by atoms with van der Waals surface area (Å²) in [6, 6.07) is 12.2. The van der Waals surface area contributed by atoms with Gasteiger partial charge in [-0.05, 0) is 19.5 Å². The smallest absolute Gasteiger partial charge is 0.212 e. The van der Waals surface area contributed by atoms with E-state index in [1.54, 1.807) is 4.68 Å². The number of hydrogen-bond donors (Lipinski definition) is 1. The maximum absolute atomic E-state index is 6.03. The Bertz CT molecular complexity index is 493. The van der Waals surface area contributed by atoms with Gasteiger partial charge in [0.2, 0.25) is 5.88 Å². The van der Waals surface area contributed by atoms with Crippen molar-refractivity contribution in [3.05, 3.63) is 47.7 Å². The molecule has 0 fully saturated rings. The molecule has 96 valence electrons. The van der Waals surface area contributed by atoms with Crippen molar-refractivity contribution in [1.82, 2.24) is 15.1 Å². The van der Waals surface area contributed by atoms with E-state index in [0.717, 1.165) is 23.7 Å². The number of nitrogens with zero attached hydrogens (tertiary/aromatic N) is 2. The molecule has 18 heavy (non-hydrogen) atoms. The molecule has 4 nitrogen and oxygen atoms in total. The fourth-order valence-corrected chi connectivity index (χ4v) is 1.92. The topological polar surface area (TPSA) is 39.1 Å². The van der Waals surface area contributed by atoms with Crippen LogP contribution in [0.3, 0.4) is 0 Å². The standard InChI is InChI=1S/C14H19N3O/c1-11-9-14(17(3)16-11)18-13(10-15-2)12-7-5-4-6-8-12/h4-9,13,15H,10H2,1-3H3. The van der Waals surface area contributed by atoms with Crippen molar-refractivity contribution < 1.29 is 4.74 Å². The van der Waals surface area contributed by atoms with Crippen LogP contribution in [0, 0.1) is 6.92 Å². The zero-order valence-electron chi connectivity index (χ0n) is 11.1. The monoisotopic (exact) mass is 245 g/mol. The predicted octanol–water partition coefficient (Wildman–Crippen LogP) is 2.07. The molecule has 1 N–H and O–H groups in total. The van der Waals surface area contributed by atoms with Gasteiger partial charge in [-0.2, -0.15) is 5.10 Å². The van der Waals surface area contributed by atoms with Gasteiger partial charge in [0.15, 0.2) is 0 Å². The molecule has 2 rings (SSSR count). The molecular formula is C14H19N3O. The molecule has 2 aromatic rings. The number of aromatic nitrogens is 2. The molecule has 1 aromatic carbocycles. The van der Waals surface area contributed by atoms with E-state index in [-0.39, 0.29) is 6.10 Å². The Morgan fingerprint density at radius 1 is 1.33 bits per heavy atom. The molecule has 0 aliphatic heterocycles. The van der Waals surface area contributed by atoms with Gasteiger partial charge in [0.25, 0.3) is 0 Å². The Kier molecular flexibility index (Phi) is 3.99. The van der Waals surface area contributed by atoms with Crippen LogP contribution in [-0.4, -0.2) is 23.4 Å².